The van der Waals surface area contributed by atoms with Gasteiger partial charge in [-0.2, -0.15) is 0 Å². The van der Waals surface area contributed by atoms with Gasteiger partial charge in [-0.05, 0) is 34.0 Å². The van der Waals surface area contributed by atoms with Crippen LogP contribution >= 0.6 is 27.5 Å². The van der Waals surface area contributed by atoms with Crippen LogP contribution in [0.3, 0.4) is 0 Å². The van der Waals surface area contributed by atoms with Crippen molar-refractivity contribution in [2.24, 2.45) is 5.92 Å². The van der Waals surface area contributed by atoms with Crippen molar-refractivity contribution in [2.45, 2.75) is 24.8 Å². The highest BCUT2D eigenvalue weighted by molar-refractivity contribution is 9.10. The van der Waals surface area contributed by atoms with Crippen molar-refractivity contribution in [1.82, 2.24) is 4.72 Å². The average Bonchev–Trinajstić information content (AvgIpc) is 2.26. The topological polar surface area (TPSA) is 46.2 Å². The maximum atomic E-state index is 12.1. The minimum Gasteiger partial charge on any atom is -0.207 e. The molecule has 0 heterocycles. The third-order valence-corrected chi connectivity index (χ3v) is 5.24. The van der Waals surface area contributed by atoms with E-state index in [-0.39, 0.29) is 22.7 Å². The largest absolute Gasteiger partial charge is 0.241 e. The van der Waals surface area contributed by atoms with Crippen LogP contribution in [0.15, 0.2) is 33.6 Å². The summed E-state index contributed by atoms with van der Waals surface area (Å²) < 4.78 is 27.4. The fraction of sp³-hybridized carbons (Fsp3) is 0.455. The first kappa shape index (κ1) is 15.0. The predicted octanol–water partition coefficient (Wildman–Crippen LogP) is 2.99. The van der Waals surface area contributed by atoms with Gasteiger partial charge in [0, 0.05) is 16.4 Å². The lowest BCUT2D eigenvalue weighted by Crippen LogP contribution is -2.39. The van der Waals surface area contributed by atoms with Crippen molar-refractivity contribution in [3.63, 3.8) is 0 Å². The van der Waals surface area contributed by atoms with E-state index >= 15 is 0 Å². The Hall–Kier alpha value is -0.100. The minimum absolute atomic E-state index is 0.143. The molecule has 0 radical (unpaired) electrons. The smallest absolute Gasteiger partial charge is 0.207 e. The molecule has 0 spiro atoms. The lowest BCUT2D eigenvalue weighted by Gasteiger charge is -2.20. The monoisotopic (exact) mass is 339 g/mol. The van der Waals surface area contributed by atoms with Crippen LogP contribution in [0, 0.1) is 5.92 Å². The summed E-state index contributed by atoms with van der Waals surface area (Å²) in [5.74, 6) is 0.395. The molecule has 3 nitrogen and oxygen atoms in total. The van der Waals surface area contributed by atoms with E-state index in [1.807, 2.05) is 13.8 Å². The second kappa shape index (κ2) is 6.18. The molecule has 6 heteroatoms. The Labute approximate surface area is 116 Å². The van der Waals surface area contributed by atoms with Gasteiger partial charge in [0.15, 0.2) is 0 Å². The third-order valence-electron chi connectivity index (χ3n) is 2.40. The number of sulfonamides is 1. The fourth-order valence-electron chi connectivity index (χ4n) is 1.27. The SMILES string of the molecule is CC(C)C(CCl)NS(=O)(=O)c1ccccc1Br. The Kier molecular flexibility index (Phi) is 5.44. The number of hydrogen-bond acceptors (Lipinski definition) is 2. The highest BCUT2D eigenvalue weighted by Crippen LogP contribution is 2.21. The van der Waals surface area contributed by atoms with E-state index in [1.165, 1.54) is 0 Å². The van der Waals surface area contributed by atoms with Crippen LogP contribution in [0.2, 0.25) is 0 Å². The minimum atomic E-state index is -3.53. The molecule has 1 aromatic carbocycles. The van der Waals surface area contributed by atoms with Crippen molar-refractivity contribution in [2.75, 3.05) is 5.88 Å². The fourth-order valence-corrected chi connectivity index (χ4v) is 4.18. The van der Waals surface area contributed by atoms with Gasteiger partial charge in [0.1, 0.15) is 0 Å². The van der Waals surface area contributed by atoms with Gasteiger partial charge in [-0.15, -0.1) is 11.6 Å². The molecule has 0 aromatic heterocycles. The van der Waals surface area contributed by atoms with Crippen LogP contribution in [-0.4, -0.2) is 20.3 Å². The summed E-state index contributed by atoms with van der Waals surface area (Å²) in [6, 6.07) is 6.43. The molecule has 1 atom stereocenters. The first-order valence-electron chi connectivity index (χ1n) is 5.21. The van der Waals surface area contributed by atoms with Crippen LogP contribution in [0.4, 0.5) is 0 Å². The first-order chi connectivity index (χ1) is 7.88. The number of alkyl halides is 1. The molecular formula is C11H15BrClNO2S. The van der Waals surface area contributed by atoms with E-state index in [0.29, 0.717) is 4.47 Å². The van der Waals surface area contributed by atoms with Crippen LogP contribution in [-0.2, 0) is 10.0 Å². The zero-order valence-corrected chi connectivity index (χ0v) is 12.8. The number of benzene rings is 1. The molecule has 0 fully saturated rings. The number of nitrogens with one attached hydrogen (secondary N) is 1. The summed E-state index contributed by atoms with van der Waals surface area (Å²) in [4.78, 5) is 0.232. The van der Waals surface area contributed by atoms with Crippen molar-refractivity contribution in [3.05, 3.63) is 28.7 Å². The molecule has 17 heavy (non-hydrogen) atoms. The quantitative estimate of drug-likeness (QED) is 0.838. The molecular weight excluding hydrogens is 326 g/mol. The first-order valence-corrected chi connectivity index (χ1v) is 8.02. The second-order valence-corrected chi connectivity index (χ2v) is 6.90. The maximum absolute atomic E-state index is 12.1. The Morgan fingerprint density at radius 3 is 2.41 bits per heavy atom. The van der Waals surface area contributed by atoms with Crippen molar-refractivity contribution in [1.29, 1.82) is 0 Å². The zero-order valence-electron chi connectivity index (χ0n) is 9.65. The Bertz CT molecular complexity index is 476. The maximum Gasteiger partial charge on any atom is 0.241 e. The van der Waals surface area contributed by atoms with Gasteiger partial charge in [-0.1, -0.05) is 26.0 Å². The lowest BCUT2D eigenvalue weighted by molar-refractivity contribution is 0.480. The van der Waals surface area contributed by atoms with Crippen molar-refractivity contribution >= 4 is 37.6 Å². The predicted molar refractivity (Wildman–Crippen MR) is 73.8 cm³/mol. The number of rotatable bonds is 5. The molecule has 0 bridgehead atoms. The number of hydrogen-bond donors (Lipinski definition) is 1. The van der Waals surface area contributed by atoms with Crippen LogP contribution in [0.1, 0.15) is 13.8 Å². The van der Waals surface area contributed by atoms with Gasteiger partial charge in [0.2, 0.25) is 10.0 Å². The highest BCUT2D eigenvalue weighted by atomic mass is 79.9. The molecule has 0 amide bonds. The molecule has 0 saturated heterocycles. The summed E-state index contributed by atoms with van der Waals surface area (Å²) in [5.41, 5.74) is 0. The Morgan fingerprint density at radius 2 is 1.94 bits per heavy atom. The molecule has 1 rings (SSSR count). The van der Waals surface area contributed by atoms with E-state index in [9.17, 15) is 8.42 Å². The molecule has 0 aliphatic heterocycles. The van der Waals surface area contributed by atoms with Gasteiger partial charge in [-0.3, -0.25) is 0 Å². The van der Waals surface area contributed by atoms with Gasteiger partial charge in [-0.25, -0.2) is 13.1 Å². The van der Waals surface area contributed by atoms with Gasteiger partial charge in [0.05, 0.1) is 4.90 Å². The number of halogens is 2. The van der Waals surface area contributed by atoms with Gasteiger partial charge < -0.3 is 0 Å². The summed E-state index contributed by atoms with van der Waals surface area (Å²) in [6.07, 6.45) is 0. The van der Waals surface area contributed by atoms with E-state index in [2.05, 4.69) is 20.7 Å². The average molecular weight is 341 g/mol. The molecule has 0 saturated carbocycles. The van der Waals surface area contributed by atoms with E-state index in [1.54, 1.807) is 24.3 Å². The van der Waals surface area contributed by atoms with Crippen LogP contribution in [0.5, 0.6) is 0 Å². The van der Waals surface area contributed by atoms with Crippen LogP contribution < -0.4 is 4.72 Å². The second-order valence-electron chi connectivity index (χ2n) is 4.06. The van der Waals surface area contributed by atoms with E-state index in [4.69, 9.17) is 11.6 Å². The van der Waals surface area contributed by atoms with Gasteiger partial charge in [0.25, 0.3) is 0 Å². The van der Waals surface area contributed by atoms with Gasteiger partial charge >= 0.3 is 0 Å². The summed E-state index contributed by atoms with van der Waals surface area (Å²) in [7, 11) is -3.53. The molecule has 1 N–H and O–H groups in total. The third kappa shape index (κ3) is 3.95. The summed E-state index contributed by atoms with van der Waals surface area (Å²) >= 11 is 8.99. The lowest BCUT2D eigenvalue weighted by atomic mass is 10.1. The Morgan fingerprint density at radius 1 is 1.35 bits per heavy atom. The molecule has 0 aliphatic carbocycles. The normalized spacial score (nSPS) is 13.9. The highest BCUT2D eigenvalue weighted by Gasteiger charge is 2.23. The summed E-state index contributed by atoms with van der Waals surface area (Å²) in [6.45, 7) is 3.85. The van der Waals surface area contributed by atoms with Crippen LogP contribution in [0.25, 0.3) is 0 Å². The standard InChI is InChI=1S/C11H15BrClNO2S/c1-8(2)10(7-13)14-17(15,16)11-6-4-3-5-9(11)12/h3-6,8,10,14H,7H2,1-2H3. The zero-order chi connectivity index (χ0) is 13.1. The summed E-state index contributed by atoms with van der Waals surface area (Å²) in [5, 5.41) is 0. The molecule has 0 aliphatic rings. The van der Waals surface area contributed by atoms with E-state index < -0.39 is 10.0 Å². The van der Waals surface area contributed by atoms with Crippen molar-refractivity contribution in [3.8, 4) is 0 Å². The molecule has 96 valence electrons. The molecule has 1 unspecified atom stereocenters. The van der Waals surface area contributed by atoms with Crippen molar-refractivity contribution < 1.29 is 8.42 Å². The Balaban J connectivity index is 3.01. The molecule has 1 aromatic rings. The van der Waals surface area contributed by atoms with E-state index in [0.717, 1.165) is 0 Å².